The Kier molecular flexibility index (Phi) is 5.06. The number of carbonyl (C=O) groups is 1. The van der Waals surface area contributed by atoms with Crippen molar-refractivity contribution >= 4 is 20.3 Å². The van der Waals surface area contributed by atoms with E-state index in [1.54, 1.807) is 13.8 Å². The van der Waals surface area contributed by atoms with Crippen molar-refractivity contribution in [3.05, 3.63) is 82.3 Å². The van der Waals surface area contributed by atoms with Crippen molar-refractivity contribution in [3.8, 4) is 21.8 Å². The fraction of sp³-hybridized carbons (Fsp3) is 0.136. The molecule has 0 radical (unpaired) electrons. The summed E-state index contributed by atoms with van der Waals surface area (Å²) in [6.45, 7) is 3.31. The van der Waals surface area contributed by atoms with Crippen molar-refractivity contribution in [2.75, 3.05) is 0 Å². The van der Waals surface area contributed by atoms with Crippen LogP contribution in [0, 0.1) is 11.8 Å². The van der Waals surface area contributed by atoms with E-state index in [1.165, 1.54) is 0 Å². The SMILES string of the molecule is CC(C)(O)C#Cc1cc(C(=O)c2ccccc2)[se]c1-c1ccccc1. The summed E-state index contributed by atoms with van der Waals surface area (Å²) in [6.07, 6.45) is 0. The monoisotopic (exact) mass is 394 g/mol. The Morgan fingerprint density at radius 1 is 1.00 bits per heavy atom. The van der Waals surface area contributed by atoms with E-state index < -0.39 is 5.60 Å². The van der Waals surface area contributed by atoms with E-state index in [-0.39, 0.29) is 20.3 Å². The van der Waals surface area contributed by atoms with Crippen LogP contribution >= 0.6 is 0 Å². The summed E-state index contributed by atoms with van der Waals surface area (Å²) >= 11 is -0.113. The number of hydrogen-bond donors (Lipinski definition) is 1. The molecule has 0 amide bonds. The fourth-order valence-corrected chi connectivity index (χ4v) is 4.62. The van der Waals surface area contributed by atoms with Crippen LogP contribution in [-0.4, -0.2) is 31.0 Å². The zero-order chi connectivity index (χ0) is 17.9. The molecule has 0 fully saturated rings. The Labute approximate surface area is 153 Å². The summed E-state index contributed by atoms with van der Waals surface area (Å²) in [4.78, 5) is 12.8. The predicted molar refractivity (Wildman–Crippen MR) is 102 cm³/mol. The molecule has 0 bridgehead atoms. The number of rotatable bonds is 3. The third-order valence-corrected chi connectivity index (χ3v) is 6.01. The van der Waals surface area contributed by atoms with Gasteiger partial charge in [-0.05, 0) is 0 Å². The van der Waals surface area contributed by atoms with Crippen molar-refractivity contribution in [1.82, 2.24) is 0 Å². The first-order valence-corrected chi connectivity index (χ1v) is 9.70. The van der Waals surface area contributed by atoms with Crippen LogP contribution in [0.15, 0.2) is 66.7 Å². The van der Waals surface area contributed by atoms with Gasteiger partial charge in [-0.1, -0.05) is 0 Å². The molecule has 0 aliphatic rings. The van der Waals surface area contributed by atoms with Crippen LogP contribution in [0.1, 0.15) is 34.2 Å². The normalized spacial score (nSPS) is 10.8. The molecule has 1 N–H and O–H groups in total. The molecule has 25 heavy (non-hydrogen) atoms. The standard InChI is InChI=1S/C22H18O2Se/c1-22(2,24)14-13-18-15-19(20(23)16-9-5-3-6-10-16)25-21(18)17-11-7-4-8-12-17/h3-12,15,24H,1-2H3. The van der Waals surface area contributed by atoms with E-state index in [1.807, 2.05) is 66.7 Å². The van der Waals surface area contributed by atoms with Gasteiger partial charge >= 0.3 is 154 Å². The molecule has 0 aliphatic carbocycles. The van der Waals surface area contributed by atoms with Crippen molar-refractivity contribution in [2.45, 2.75) is 19.4 Å². The average Bonchev–Trinajstić information content (AvgIpc) is 3.04. The Morgan fingerprint density at radius 2 is 1.60 bits per heavy atom. The maximum atomic E-state index is 12.8. The summed E-state index contributed by atoms with van der Waals surface area (Å²) in [5.41, 5.74) is 1.53. The number of hydrogen-bond acceptors (Lipinski definition) is 2. The number of aliphatic hydroxyl groups is 1. The average molecular weight is 393 g/mol. The second-order valence-electron chi connectivity index (χ2n) is 6.22. The van der Waals surface area contributed by atoms with E-state index in [2.05, 4.69) is 11.8 Å². The van der Waals surface area contributed by atoms with Crippen LogP contribution in [0.25, 0.3) is 10.0 Å². The Morgan fingerprint density at radius 3 is 2.20 bits per heavy atom. The van der Waals surface area contributed by atoms with E-state index in [0.717, 1.165) is 20.0 Å². The summed E-state index contributed by atoms with van der Waals surface area (Å²) < 4.78 is 1.88. The molecule has 0 saturated heterocycles. The van der Waals surface area contributed by atoms with E-state index in [4.69, 9.17) is 0 Å². The summed E-state index contributed by atoms with van der Waals surface area (Å²) in [5, 5.41) is 9.91. The molecule has 3 rings (SSSR count). The van der Waals surface area contributed by atoms with Gasteiger partial charge in [0.1, 0.15) is 0 Å². The summed E-state index contributed by atoms with van der Waals surface area (Å²) in [5.74, 6) is 5.99. The van der Waals surface area contributed by atoms with Crippen molar-refractivity contribution in [1.29, 1.82) is 0 Å². The van der Waals surface area contributed by atoms with Gasteiger partial charge < -0.3 is 0 Å². The zero-order valence-electron chi connectivity index (χ0n) is 14.1. The van der Waals surface area contributed by atoms with Crippen molar-refractivity contribution in [3.63, 3.8) is 0 Å². The molecule has 2 aromatic carbocycles. The third-order valence-electron chi connectivity index (χ3n) is 3.53. The van der Waals surface area contributed by atoms with Crippen molar-refractivity contribution < 1.29 is 9.90 Å². The third kappa shape index (κ3) is 4.38. The number of carbonyl (C=O) groups excluding carboxylic acids is 1. The van der Waals surface area contributed by atoms with Gasteiger partial charge in [0, 0.05) is 0 Å². The van der Waals surface area contributed by atoms with Crippen LogP contribution in [0.5, 0.6) is 0 Å². The first kappa shape index (κ1) is 17.5. The second kappa shape index (κ2) is 7.25. The number of ketones is 1. The molecule has 0 atom stereocenters. The molecule has 2 nitrogen and oxygen atoms in total. The molecule has 0 aliphatic heterocycles. The molecule has 3 heteroatoms. The van der Waals surface area contributed by atoms with E-state index in [0.29, 0.717) is 5.56 Å². The quantitative estimate of drug-likeness (QED) is 0.418. The molecule has 0 unspecified atom stereocenters. The van der Waals surface area contributed by atoms with Crippen LogP contribution in [0.3, 0.4) is 0 Å². The molecular formula is C22H18O2Se. The number of benzene rings is 2. The Hall–Kier alpha value is -2.37. The summed E-state index contributed by atoms with van der Waals surface area (Å²) in [6, 6.07) is 21.2. The minimum atomic E-state index is -1.07. The van der Waals surface area contributed by atoms with Gasteiger partial charge in [0.05, 0.1) is 0 Å². The van der Waals surface area contributed by atoms with E-state index in [9.17, 15) is 9.90 Å². The van der Waals surface area contributed by atoms with Gasteiger partial charge in [0.15, 0.2) is 0 Å². The molecule has 3 aromatic rings. The van der Waals surface area contributed by atoms with E-state index >= 15 is 0 Å². The zero-order valence-corrected chi connectivity index (χ0v) is 15.8. The van der Waals surface area contributed by atoms with Crippen LogP contribution in [0.4, 0.5) is 0 Å². The van der Waals surface area contributed by atoms with Gasteiger partial charge in [-0.25, -0.2) is 0 Å². The van der Waals surface area contributed by atoms with Crippen LogP contribution in [0.2, 0.25) is 0 Å². The van der Waals surface area contributed by atoms with Gasteiger partial charge in [-0.2, -0.15) is 0 Å². The molecule has 1 aromatic heterocycles. The topological polar surface area (TPSA) is 37.3 Å². The first-order chi connectivity index (χ1) is 11.9. The van der Waals surface area contributed by atoms with Gasteiger partial charge in [0.2, 0.25) is 0 Å². The molecule has 1 heterocycles. The van der Waals surface area contributed by atoms with Crippen LogP contribution in [-0.2, 0) is 0 Å². The van der Waals surface area contributed by atoms with Gasteiger partial charge in [-0.15, -0.1) is 0 Å². The Bertz CT molecular complexity index is 936. The predicted octanol–water partition coefficient (Wildman–Crippen LogP) is 3.76. The first-order valence-electron chi connectivity index (χ1n) is 7.98. The maximum absolute atomic E-state index is 12.8. The van der Waals surface area contributed by atoms with Gasteiger partial charge in [-0.3, -0.25) is 0 Å². The fourth-order valence-electron chi connectivity index (χ4n) is 2.35. The molecule has 124 valence electrons. The Balaban J connectivity index is 2.08. The minimum absolute atomic E-state index is 0.0501. The van der Waals surface area contributed by atoms with Crippen LogP contribution < -0.4 is 0 Å². The summed E-state index contributed by atoms with van der Waals surface area (Å²) in [7, 11) is 0. The second-order valence-corrected chi connectivity index (χ2v) is 8.43. The van der Waals surface area contributed by atoms with Crippen molar-refractivity contribution in [2.24, 2.45) is 0 Å². The molecule has 0 saturated carbocycles. The molecule has 0 spiro atoms. The van der Waals surface area contributed by atoms with Gasteiger partial charge in [0.25, 0.3) is 0 Å². The molecular weight excluding hydrogens is 375 g/mol.